The standard InChI is InChI=1S/C29H28F3N7O2/c1-18-13-20-15-24(28(40)33-25(20)14-19(18)2)26(27-34-35-36-39(27)17-23-7-4-12-41-23)38-10-8-37(9-11-38)22-6-3-5-21(16-22)29(30,31)32/h3-7,12-16,26H,8-11,17H2,1-2H3,(H,33,40)/t26-/m1/s1. The number of alkyl halides is 3. The van der Waals surface area contributed by atoms with E-state index >= 15 is 0 Å². The van der Waals surface area contributed by atoms with Crippen LogP contribution in [0.1, 0.15) is 39.9 Å². The van der Waals surface area contributed by atoms with Gasteiger partial charge in [-0.15, -0.1) is 5.10 Å². The first-order valence-corrected chi connectivity index (χ1v) is 13.3. The SMILES string of the molecule is Cc1cc2cc([C@H](c3nnnn3Cc3ccco3)N3CCN(c4cccc(C(F)(F)F)c4)CC3)c(=O)[nH]c2cc1C. The van der Waals surface area contributed by atoms with E-state index in [-0.39, 0.29) is 12.1 Å². The van der Waals surface area contributed by atoms with Crippen LogP contribution in [0.2, 0.25) is 0 Å². The summed E-state index contributed by atoms with van der Waals surface area (Å²) in [5, 5.41) is 13.3. The molecule has 6 rings (SSSR count). The number of aromatic amines is 1. The molecule has 1 atom stereocenters. The Balaban J connectivity index is 1.37. The summed E-state index contributed by atoms with van der Waals surface area (Å²) in [4.78, 5) is 20.6. The number of rotatable bonds is 6. The number of anilines is 1. The molecule has 212 valence electrons. The van der Waals surface area contributed by atoms with Crippen molar-refractivity contribution in [2.75, 3.05) is 31.1 Å². The lowest BCUT2D eigenvalue weighted by molar-refractivity contribution is -0.137. The van der Waals surface area contributed by atoms with Gasteiger partial charge in [0.15, 0.2) is 5.82 Å². The van der Waals surface area contributed by atoms with Crippen LogP contribution in [0, 0.1) is 13.8 Å². The lowest BCUT2D eigenvalue weighted by Crippen LogP contribution is -2.49. The number of hydrogen-bond donors (Lipinski definition) is 1. The molecule has 4 heterocycles. The molecule has 0 unspecified atom stereocenters. The molecule has 0 bridgehead atoms. The van der Waals surface area contributed by atoms with Gasteiger partial charge in [0.1, 0.15) is 18.3 Å². The highest BCUT2D eigenvalue weighted by molar-refractivity contribution is 5.81. The highest BCUT2D eigenvalue weighted by Crippen LogP contribution is 2.33. The number of furan rings is 1. The largest absolute Gasteiger partial charge is 0.467 e. The van der Waals surface area contributed by atoms with Gasteiger partial charge in [-0.3, -0.25) is 9.69 Å². The van der Waals surface area contributed by atoms with Gasteiger partial charge in [-0.05, 0) is 89.3 Å². The van der Waals surface area contributed by atoms with E-state index in [4.69, 9.17) is 4.42 Å². The van der Waals surface area contributed by atoms with Crippen LogP contribution in [0.4, 0.5) is 18.9 Å². The molecule has 0 saturated carbocycles. The molecule has 2 aromatic carbocycles. The monoisotopic (exact) mass is 563 g/mol. The van der Waals surface area contributed by atoms with Crippen molar-refractivity contribution in [3.05, 3.63) is 105 Å². The molecule has 1 N–H and O–H groups in total. The van der Waals surface area contributed by atoms with E-state index in [9.17, 15) is 18.0 Å². The highest BCUT2D eigenvalue weighted by Gasteiger charge is 2.34. The maximum atomic E-state index is 13.6. The molecule has 5 aromatic rings. The summed E-state index contributed by atoms with van der Waals surface area (Å²) in [5.41, 5.74) is 2.98. The lowest BCUT2D eigenvalue weighted by atomic mass is 10.00. The Morgan fingerprint density at radius 1 is 1.00 bits per heavy atom. The van der Waals surface area contributed by atoms with Crippen molar-refractivity contribution in [3.8, 4) is 0 Å². The summed E-state index contributed by atoms with van der Waals surface area (Å²) in [6, 6.07) is 14.2. The van der Waals surface area contributed by atoms with Gasteiger partial charge in [-0.2, -0.15) is 13.2 Å². The molecule has 1 saturated heterocycles. The minimum Gasteiger partial charge on any atom is -0.467 e. The zero-order valence-corrected chi connectivity index (χ0v) is 22.5. The van der Waals surface area contributed by atoms with Gasteiger partial charge in [0.2, 0.25) is 0 Å². The van der Waals surface area contributed by atoms with E-state index in [1.54, 1.807) is 23.1 Å². The fourth-order valence-electron chi connectivity index (χ4n) is 5.38. The van der Waals surface area contributed by atoms with Gasteiger partial charge < -0.3 is 14.3 Å². The number of pyridine rings is 1. The number of nitrogens with one attached hydrogen (secondary N) is 1. The predicted octanol–water partition coefficient (Wildman–Crippen LogP) is 4.70. The normalized spacial score (nSPS) is 15.5. The van der Waals surface area contributed by atoms with Crippen molar-refractivity contribution < 1.29 is 17.6 Å². The van der Waals surface area contributed by atoms with Gasteiger partial charge in [-0.1, -0.05) is 6.07 Å². The Bertz CT molecular complexity index is 1740. The minimum absolute atomic E-state index is 0.251. The number of piperazine rings is 1. The molecule has 1 aliphatic heterocycles. The van der Waals surface area contributed by atoms with E-state index in [0.29, 0.717) is 49.0 Å². The number of tetrazole rings is 1. The van der Waals surface area contributed by atoms with Gasteiger partial charge in [0.05, 0.1) is 11.8 Å². The number of aromatic nitrogens is 5. The Kier molecular flexibility index (Phi) is 6.86. The first kappa shape index (κ1) is 26.8. The minimum atomic E-state index is -4.41. The van der Waals surface area contributed by atoms with E-state index in [0.717, 1.165) is 28.1 Å². The third-order valence-electron chi connectivity index (χ3n) is 7.69. The Hall–Kier alpha value is -4.45. The number of H-pyrrole nitrogens is 1. The number of aryl methyl sites for hydroxylation is 2. The summed E-state index contributed by atoms with van der Waals surface area (Å²) in [6.45, 7) is 6.16. The second-order valence-electron chi connectivity index (χ2n) is 10.3. The molecule has 0 amide bonds. The van der Waals surface area contributed by atoms with Crippen LogP contribution in [-0.4, -0.2) is 56.3 Å². The van der Waals surface area contributed by atoms with E-state index in [2.05, 4.69) is 25.4 Å². The fraction of sp³-hybridized carbons (Fsp3) is 0.310. The zero-order valence-electron chi connectivity index (χ0n) is 22.5. The van der Waals surface area contributed by atoms with E-state index < -0.39 is 17.8 Å². The smallest absolute Gasteiger partial charge is 0.416 e. The van der Waals surface area contributed by atoms with Crippen LogP contribution >= 0.6 is 0 Å². The topological polar surface area (TPSA) is 96.1 Å². The number of hydrogen-bond acceptors (Lipinski definition) is 7. The number of nitrogens with zero attached hydrogens (tertiary/aromatic N) is 6. The van der Waals surface area contributed by atoms with Crippen LogP contribution in [-0.2, 0) is 12.7 Å². The number of halogens is 3. The van der Waals surface area contributed by atoms with Crippen molar-refractivity contribution in [2.24, 2.45) is 0 Å². The molecule has 12 heteroatoms. The second-order valence-corrected chi connectivity index (χ2v) is 10.3. The third-order valence-corrected chi connectivity index (χ3v) is 7.69. The summed E-state index contributed by atoms with van der Waals surface area (Å²) in [7, 11) is 0. The molecule has 9 nitrogen and oxygen atoms in total. The van der Waals surface area contributed by atoms with Crippen molar-refractivity contribution >= 4 is 16.6 Å². The lowest BCUT2D eigenvalue weighted by Gasteiger charge is -2.39. The van der Waals surface area contributed by atoms with Crippen molar-refractivity contribution in [3.63, 3.8) is 0 Å². The molecule has 3 aromatic heterocycles. The quantitative estimate of drug-likeness (QED) is 0.320. The summed E-state index contributed by atoms with van der Waals surface area (Å²) < 4.78 is 47.1. The van der Waals surface area contributed by atoms with E-state index in [1.807, 2.05) is 43.0 Å². The molecule has 0 aliphatic carbocycles. The summed E-state index contributed by atoms with van der Waals surface area (Å²) in [6.07, 6.45) is -2.84. The zero-order chi connectivity index (χ0) is 28.7. The number of fused-ring (bicyclic) bond motifs is 1. The molecule has 0 radical (unpaired) electrons. The van der Waals surface area contributed by atoms with Gasteiger partial charge in [0.25, 0.3) is 5.56 Å². The fourth-order valence-corrected chi connectivity index (χ4v) is 5.38. The van der Waals surface area contributed by atoms with Crippen LogP contribution < -0.4 is 10.5 Å². The third kappa shape index (κ3) is 5.34. The highest BCUT2D eigenvalue weighted by atomic mass is 19.4. The van der Waals surface area contributed by atoms with Crippen LogP contribution in [0.5, 0.6) is 0 Å². The maximum absolute atomic E-state index is 13.6. The average Bonchev–Trinajstić information content (AvgIpc) is 3.63. The maximum Gasteiger partial charge on any atom is 0.416 e. The molecule has 0 spiro atoms. The van der Waals surface area contributed by atoms with Gasteiger partial charge in [-0.25, -0.2) is 4.68 Å². The predicted molar refractivity (Wildman–Crippen MR) is 147 cm³/mol. The van der Waals surface area contributed by atoms with Gasteiger partial charge in [0, 0.05) is 42.9 Å². The summed E-state index contributed by atoms with van der Waals surface area (Å²) >= 11 is 0. The van der Waals surface area contributed by atoms with Crippen LogP contribution in [0.15, 0.2) is 70.1 Å². The average molecular weight is 564 g/mol. The van der Waals surface area contributed by atoms with Crippen molar-refractivity contribution in [2.45, 2.75) is 32.6 Å². The van der Waals surface area contributed by atoms with Crippen molar-refractivity contribution in [1.29, 1.82) is 0 Å². The molecular formula is C29H28F3N7O2. The van der Waals surface area contributed by atoms with Crippen molar-refractivity contribution in [1.82, 2.24) is 30.1 Å². The molecule has 1 fully saturated rings. The summed E-state index contributed by atoms with van der Waals surface area (Å²) in [5.74, 6) is 1.13. The Labute approximate surface area is 233 Å². The number of benzene rings is 2. The van der Waals surface area contributed by atoms with Gasteiger partial charge >= 0.3 is 6.18 Å². The van der Waals surface area contributed by atoms with Crippen LogP contribution in [0.3, 0.4) is 0 Å². The first-order chi connectivity index (χ1) is 19.7. The Morgan fingerprint density at radius 3 is 2.51 bits per heavy atom. The van der Waals surface area contributed by atoms with Crippen LogP contribution in [0.25, 0.3) is 10.9 Å². The molecule has 1 aliphatic rings. The molecule has 41 heavy (non-hydrogen) atoms. The second kappa shape index (κ2) is 10.5. The molecular weight excluding hydrogens is 535 g/mol. The van der Waals surface area contributed by atoms with E-state index in [1.165, 1.54) is 12.1 Å². The Morgan fingerprint density at radius 2 is 1.78 bits per heavy atom. The first-order valence-electron chi connectivity index (χ1n) is 13.3.